The van der Waals surface area contributed by atoms with E-state index in [0.717, 1.165) is 44.1 Å². The number of halogens is 1. The van der Waals surface area contributed by atoms with E-state index in [9.17, 15) is 4.79 Å². The summed E-state index contributed by atoms with van der Waals surface area (Å²) in [7, 11) is 0. The average Bonchev–Trinajstić information content (AvgIpc) is 3.08. The maximum absolute atomic E-state index is 12.7. The largest absolute Gasteiger partial charge is 0.370 e. The number of rotatable bonds is 6. The zero-order valence-electron chi connectivity index (χ0n) is 16.1. The molecule has 4 rings (SSSR count). The van der Waals surface area contributed by atoms with Crippen LogP contribution in [0.25, 0.3) is 11.7 Å². The Labute approximate surface area is 174 Å². The fourth-order valence-corrected chi connectivity index (χ4v) is 3.84. The van der Waals surface area contributed by atoms with Gasteiger partial charge in [-0.3, -0.25) is 9.20 Å². The second-order valence-electron chi connectivity index (χ2n) is 7.09. The molecule has 0 radical (unpaired) electrons. The topological polar surface area (TPSA) is 60.1 Å². The number of hydrogen-bond donors (Lipinski definition) is 2. The smallest absolute Gasteiger partial charge is 0.244 e. The Morgan fingerprint density at radius 1 is 1.21 bits per heavy atom. The number of nitrogens with zero attached hydrogens (tertiary/aromatic N) is 2. The lowest BCUT2D eigenvalue weighted by Gasteiger charge is -2.28. The van der Waals surface area contributed by atoms with Gasteiger partial charge in [-0.25, -0.2) is 4.98 Å². The van der Waals surface area contributed by atoms with Crippen molar-refractivity contribution in [3.05, 3.63) is 77.2 Å². The lowest BCUT2D eigenvalue weighted by molar-refractivity contribution is -0.909. The van der Waals surface area contributed by atoms with Gasteiger partial charge in [0, 0.05) is 12.3 Å². The maximum atomic E-state index is 12.7. The minimum absolute atomic E-state index is 0.0703. The third-order valence-electron chi connectivity index (χ3n) is 5.13. The van der Waals surface area contributed by atoms with Gasteiger partial charge < -0.3 is 15.0 Å². The summed E-state index contributed by atoms with van der Waals surface area (Å²) < 4.78 is 7.31. The van der Waals surface area contributed by atoms with E-state index in [4.69, 9.17) is 16.3 Å². The van der Waals surface area contributed by atoms with E-state index in [1.54, 1.807) is 6.08 Å². The van der Waals surface area contributed by atoms with Gasteiger partial charge in [0.05, 0.1) is 18.9 Å². The standard InChI is InChI=1S/C22H23ClN4O2/c23-22-19(27-11-5-4-8-20(27)25-22)9-10-21(28)24-18(17-6-2-1-3-7-17)16-26-12-14-29-15-13-26/h1-11,18H,12-16H2,(H,24,28)/p+1/b10-9+/t18-/m0/s1. The Kier molecular flexibility index (Phi) is 6.24. The molecule has 1 atom stereocenters. The van der Waals surface area contributed by atoms with E-state index in [0.29, 0.717) is 10.8 Å². The van der Waals surface area contributed by atoms with Crippen LogP contribution in [0.1, 0.15) is 17.3 Å². The van der Waals surface area contributed by atoms with Crippen molar-refractivity contribution in [3.8, 4) is 0 Å². The molecule has 2 aromatic heterocycles. The zero-order valence-corrected chi connectivity index (χ0v) is 16.8. The van der Waals surface area contributed by atoms with Crippen molar-refractivity contribution < 1.29 is 14.4 Å². The molecule has 0 saturated carbocycles. The first-order chi connectivity index (χ1) is 14.2. The molecule has 150 valence electrons. The molecule has 7 heteroatoms. The number of quaternary nitrogens is 1. The minimum atomic E-state index is -0.159. The molecule has 1 aromatic carbocycles. The number of aromatic nitrogens is 2. The van der Waals surface area contributed by atoms with Gasteiger partial charge in [0.15, 0.2) is 5.15 Å². The zero-order chi connectivity index (χ0) is 20.1. The van der Waals surface area contributed by atoms with Crippen molar-refractivity contribution in [1.82, 2.24) is 14.7 Å². The van der Waals surface area contributed by atoms with Crippen molar-refractivity contribution in [2.45, 2.75) is 6.04 Å². The van der Waals surface area contributed by atoms with Gasteiger partial charge in [-0.15, -0.1) is 0 Å². The SMILES string of the molecule is O=C(/C=C/c1c(Cl)nc2ccccn12)N[C@@H](C[NH+]1CCOCC1)c1ccccc1. The minimum Gasteiger partial charge on any atom is -0.370 e. The highest BCUT2D eigenvalue weighted by Gasteiger charge is 2.22. The molecule has 0 bridgehead atoms. The molecule has 1 aliphatic heterocycles. The molecule has 1 amide bonds. The van der Waals surface area contributed by atoms with E-state index >= 15 is 0 Å². The molecule has 6 nitrogen and oxygen atoms in total. The van der Waals surface area contributed by atoms with Gasteiger partial charge in [-0.2, -0.15) is 0 Å². The summed E-state index contributed by atoms with van der Waals surface area (Å²) in [5.41, 5.74) is 2.53. The first kappa shape index (κ1) is 19.6. The number of nitrogens with one attached hydrogen (secondary N) is 2. The molecule has 1 fully saturated rings. The highest BCUT2D eigenvalue weighted by atomic mass is 35.5. The molecular weight excluding hydrogens is 388 g/mol. The molecule has 3 aromatic rings. The summed E-state index contributed by atoms with van der Waals surface area (Å²) in [5.74, 6) is -0.159. The number of pyridine rings is 1. The van der Waals surface area contributed by atoms with Gasteiger partial charge in [-0.1, -0.05) is 48.0 Å². The van der Waals surface area contributed by atoms with Crippen molar-refractivity contribution >= 4 is 29.2 Å². The number of imidazole rings is 1. The Morgan fingerprint density at radius 2 is 1.97 bits per heavy atom. The second kappa shape index (κ2) is 9.22. The number of benzene rings is 1. The van der Waals surface area contributed by atoms with Crippen molar-refractivity contribution in [1.29, 1.82) is 0 Å². The predicted molar refractivity (Wildman–Crippen MR) is 113 cm³/mol. The number of amides is 1. The molecule has 3 heterocycles. The Hall–Kier alpha value is -2.67. The third kappa shape index (κ3) is 4.85. The van der Waals surface area contributed by atoms with Gasteiger partial charge in [0.25, 0.3) is 0 Å². The molecule has 0 aliphatic carbocycles. The van der Waals surface area contributed by atoms with Crippen LogP contribution in [0.4, 0.5) is 0 Å². The molecule has 0 spiro atoms. The number of fused-ring (bicyclic) bond motifs is 1. The van der Waals surface area contributed by atoms with Crippen LogP contribution in [-0.4, -0.2) is 48.1 Å². The summed E-state index contributed by atoms with van der Waals surface area (Å²) in [6, 6.07) is 15.7. The van der Waals surface area contributed by atoms with Crippen LogP contribution >= 0.6 is 11.6 Å². The molecule has 1 saturated heterocycles. The molecule has 2 N–H and O–H groups in total. The quantitative estimate of drug-likeness (QED) is 0.608. The third-order valence-corrected chi connectivity index (χ3v) is 5.40. The number of hydrogen-bond acceptors (Lipinski definition) is 3. The van der Waals surface area contributed by atoms with Crippen LogP contribution < -0.4 is 10.2 Å². The lowest BCUT2D eigenvalue weighted by atomic mass is 10.1. The first-order valence-electron chi connectivity index (χ1n) is 9.78. The first-order valence-corrected chi connectivity index (χ1v) is 10.2. The van der Waals surface area contributed by atoms with Crippen LogP contribution in [0.2, 0.25) is 5.15 Å². The van der Waals surface area contributed by atoms with Gasteiger partial charge >= 0.3 is 0 Å². The number of ether oxygens (including phenoxy) is 1. The fourth-order valence-electron chi connectivity index (χ4n) is 3.60. The summed E-state index contributed by atoms with van der Waals surface area (Å²) >= 11 is 6.25. The number of morpholine rings is 1. The summed E-state index contributed by atoms with van der Waals surface area (Å²) in [4.78, 5) is 18.4. The second-order valence-corrected chi connectivity index (χ2v) is 7.45. The Balaban J connectivity index is 1.49. The van der Waals surface area contributed by atoms with Crippen LogP contribution in [0.3, 0.4) is 0 Å². The average molecular weight is 412 g/mol. The molecule has 0 unspecified atom stereocenters. The van der Waals surface area contributed by atoms with Crippen LogP contribution in [0.15, 0.2) is 60.8 Å². The van der Waals surface area contributed by atoms with E-state index in [2.05, 4.69) is 22.4 Å². The molecule has 29 heavy (non-hydrogen) atoms. The summed E-state index contributed by atoms with van der Waals surface area (Å²) in [6.45, 7) is 4.25. The monoisotopic (exact) mass is 411 g/mol. The van der Waals surface area contributed by atoms with E-state index in [1.807, 2.05) is 47.0 Å². The fraction of sp³-hybridized carbons (Fsp3) is 0.273. The van der Waals surface area contributed by atoms with Crippen molar-refractivity contribution in [2.24, 2.45) is 0 Å². The normalized spacial score (nSPS) is 16.3. The maximum Gasteiger partial charge on any atom is 0.244 e. The van der Waals surface area contributed by atoms with E-state index < -0.39 is 0 Å². The molecule has 1 aliphatic rings. The Morgan fingerprint density at radius 3 is 2.76 bits per heavy atom. The predicted octanol–water partition coefficient (Wildman–Crippen LogP) is 1.77. The van der Waals surface area contributed by atoms with Crippen LogP contribution in [-0.2, 0) is 9.53 Å². The van der Waals surface area contributed by atoms with Crippen LogP contribution in [0, 0.1) is 0 Å². The summed E-state index contributed by atoms with van der Waals surface area (Å²) in [6.07, 6.45) is 5.11. The van der Waals surface area contributed by atoms with E-state index in [1.165, 1.54) is 11.0 Å². The van der Waals surface area contributed by atoms with E-state index in [-0.39, 0.29) is 11.9 Å². The number of carbonyl (C=O) groups excluding carboxylic acids is 1. The van der Waals surface area contributed by atoms with Gasteiger partial charge in [0.2, 0.25) is 5.91 Å². The summed E-state index contributed by atoms with van der Waals surface area (Å²) in [5, 5.41) is 3.52. The lowest BCUT2D eigenvalue weighted by Crippen LogP contribution is -3.14. The number of carbonyl (C=O) groups is 1. The highest BCUT2D eigenvalue weighted by molar-refractivity contribution is 6.31. The van der Waals surface area contributed by atoms with Crippen molar-refractivity contribution in [2.75, 3.05) is 32.8 Å². The van der Waals surface area contributed by atoms with Gasteiger partial charge in [0.1, 0.15) is 31.3 Å². The van der Waals surface area contributed by atoms with Crippen molar-refractivity contribution in [3.63, 3.8) is 0 Å². The highest BCUT2D eigenvalue weighted by Crippen LogP contribution is 2.19. The van der Waals surface area contributed by atoms with Gasteiger partial charge in [-0.05, 0) is 23.8 Å². The molecular formula is C22H24ClN4O2+. The van der Waals surface area contributed by atoms with Crippen LogP contribution in [0.5, 0.6) is 0 Å². The Bertz CT molecular complexity index is 996.